The van der Waals surface area contributed by atoms with Crippen molar-refractivity contribution in [1.82, 2.24) is 15.5 Å². The molecule has 0 fully saturated rings. The van der Waals surface area contributed by atoms with Crippen LogP contribution in [0, 0.1) is 0 Å². The molecular formula is C38H43N3O11. The van der Waals surface area contributed by atoms with Gasteiger partial charge in [-0.2, -0.15) is 4.98 Å². The third-order valence-corrected chi connectivity index (χ3v) is 8.75. The second-order valence-corrected chi connectivity index (χ2v) is 12.4. The summed E-state index contributed by atoms with van der Waals surface area (Å²) in [4.78, 5) is 43.8. The number of rotatable bonds is 11. The minimum Gasteiger partial charge on any atom is -0.507 e. The lowest BCUT2D eigenvalue weighted by atomic mass is 9.84. The van der Waals surface area contributed by atoms with Crippen molar-refractivity contribution in [2.75, 3.05) is 27.9 Å². The van der Waals surface area contributed by atoms with E-state index >= 15 is 0 Å². The maximum absolute atomic E-state index is 13.7. The fourth-order valence-corrected chi connectivity index (χ4v) is 6.14. The van der Waals surface area contributed by atoms with Gasteiger partial charge in [0.25, 0.3) is 0 Å². The van der Waals surface area contributed by atoms with Crippen LogP contribution in [0.2, 0.25) is 0 Å². The maximum atomic E-state index is 13.7. The van der Waals surface area contributed by atoms with Gasteiger partial charge in [-0.3, -0.25) is 9.59 Å². The summed E-state index contributed by atoms with van der Waals surface area (Å²) in [5.41, 5.74) is 0.400. The predicted octanol–water partition coefficient (Wildman–Crippen LogP) is 6.13. The summed E-state index contributed by atoms with van der Waals surface area (Å²) in [6.45, 7) is 1.85. The van der Waals surface area contributed by atoms with Crippen molar-refractivity contribution < 1.29 is 52.5 Å². The Morgan fingerprint density at radius 3 is 2.50 bits per heavy atom. The highest BCUT2D eigenvalue weighted by Gasteiger charge is 2.32. The van der Waals surface area contributed by atoms with Gasteiger partial charge in [-0.1, -0.05) is 17.3 Å². The van der Waals surface area contributed by atoms with Crippen molar-refractivity contribution in [3.63, 3.8) is 0 Å². The van der Waals surface area contributed by atoms with E-state index in [0.717, 1.165) is 0 Å². The lowest BCUT2D eigenvalue weighted by molar-refractivity contribution is -0.121. The number of hydrogen-bond donors (Lipinski definition) is 3. The quantitative estimate of drug-likeness (QED) is 0.150. The summed E-state index contributed by atoms with van der Waals surface area (Å²) in [5, 5.41) is 30.2. The molecule has 0 radical (unpaired) electrons. The molecular weight excluding hydrogens is 674 g/mol. The number of aromatic hydroxyl groups is 2. The summed E-state index contributed by atoms with van der Waals surface area (Å²) in [6.07, 6.45) is 7.26. The van der Waals surface area contributed by atoms with Crippen molar-refractivity contribution in [3.8, 4) is 40.3 Å². The average Bonchev–Trinajstić information content (AvgIpc) is 3.83. The molecule has 14 nitrogen and oxygen atoms in total. The largest absolute Gasteiger partial charge is 0.507 e. The number of benzene rings is 2. The number of furan rings is 1. The molecule has 3 N–H and O–H groups in total. The Labute approximate surface area is 300 Å². The minimum atomic E-state index is -1.03. The number of Topliss-reactive ketones (excluding diaryl/α,β-unsaturated/α-hetero) is 1. The number of phenols is 2. The van der Waals surface area contributed by atoms with Crippen LogP contribution >= 0.6 is 0 Å². The van der Waals surface area contributed by atoms with Gasteiger partial charge in [0.05, 0.1) is 33.7 Å². The van der Waals surface area contributed by atoms with E-state index in [4.69, 9.17) is 27.9 Å². The molecule has 1 amide bonds. The van der Waals surface area contributed by atoms with Gasteiger partial charge in [0, 0.05) is 43.7 Å². The number of allylic oxidation sites excluding steroid dienone is 1. The van der Waals surface area contributed by atoms with E-state index in [1.54, 1.807) is 43.3 Å². The number of ether oxygens (including phenoxy) is 4. The second kappa shape index (κ2) is 17.4. The van der Waals surface area contributed by atoms with Crippen LogP contribution in [0.15, 0.2) is 51.6 Å². The molecule has 5 rings (SSSR count). The molecule has 0 bridgehead atoms. The number of esters is 1. The zero-order chi connectivity index (χ0) is 37.2. The number of nitrogens with one attached hydrogen (secondary N) is 1. The standard InChI is InChI=1S/C38H43N3O11/c1-22-10-8-13-25(42)12-7-5-6-11-23-18-27(43)34(35(45)33(23)38(46)51-22)26(24-19-29(47-2)36(49-4)30(20-24)48-3)21-31(44)39-16-15-32-40-37(41-52-32)28-14-9-17-50-28/h6,9,11,14,17-20,22,26,43,45H,5,7-8,10,12-13,15-16,21H2,1-4H3,(H,39,44). The zero-order valence-electron chi connectivity index (χ0n) is 29.6. The van der Waals surface area contributed by atoms with Gasteiger partial charge in [0.1, 0.15) is 22.8 Å². The highest BCUT2D eigenvalue weighted by Crippen LogP contribution is 2.47. The number of ketones is 1. The van der Waals surface area contributed by atoms with Crippen LogP contribution in [0.1, 0.15) is 90.7 Å². The number of carbonyl (C=O) groups is 3. The van der Waals surface area contributed by atoms with Gasteiger partial charge >= 0.3 is 5.97 Å². The Bertz CT molecular complexity index is 1870. The first-order valence-electron chi connectivity index (χ1n) is 17.0. The molecule has 0 saturated carbocycles. The summed E-state index contributed by atoms with van der Waals surface area (Å²) < 4.78 is 33.0. The van der Waals surface area contributed by atoms with E-state index < -0.39 is 29.6 Å². The van der Waals surface area contributed by atoms with E-state index in [2.05, 4.69) is 15.5 Å². The SMILES string of the molecule is COc1cc(C(CC(=O)NCCc2nc(-c3ccco3)no2)c2c(O)cc3c(c2O)C(=O)OC(C)CCCC(=O)CCCC=C3)cc(OC)c1OC. The van der Waals surface area contributed by atoms with Crippen LogP contribution in [0.3, 0.4) is 0 Å². The van der Waals surface area contributed by atoms with Gasteiger partial charge in [-0.05, 0) is 74.1 Å². The minimum absolute atomic E-state index is 0.0760. The molecule has 2 aromatic heterocycles. The number of hydrogen-bond acceptors (Lipinski definition) is 13. The lowest BCUT2D eigenvalue weighted by Crippen LogP contribution is -2.27. The van der Waals surface area contributed by atoms with Crippen LogP contribution < -0.4 is 19.5 Å². The molecule has 3 heterocycles. The monoisotopic (exact) mass is 717 g/mol. The first kappa shape index (κ1) is 37.5. The van der Waals surface area contributed by atoms with Crippen molar-refractivity contribution in [2.45, 2.75) is 70.3 Å². The van der Waals surface area contributed by atoms with Gasteiger partial charge < -0.3 is 43.4 Å². The fourth-order valence-electron chi connectivity index (χ4n) is 6.14. The molecule has 0 spiro atoms. The highest BCUT2D eigenvalue weighted by atomic mass is 16.5. The molecule has 1 aliphatic rings. The van der Waals surface area contributed by atoms with Crippen LogP contribution in [0.25, 0.3) is 17.7 Å². The van der Waals surface area contributed by atoms with Gasteiger partial charge in [-0.15, -0.1) is 0 Å². The summed E-state index contributed by atoms with van der Waals surface area (Å²) in [7, 11) is 4.34. The smallest absolute Gasteiger partial charge is 0.342 e. The molecule has 2 atom stereocenters. The molecule has 2 aromatic carbocycles. The number of aromatic nitrogens is 2. The fraction of sp³-hybridized carbons (Fsp3) is 0.395. The van der Waals surface area contributed by atoms with E-state index in [-0.39, 0.29) is 70.8 Å². The van der Waals surface area contributed by atoms with Crippen LogP contribution in [0.4, 0.5) is 0 Å². The van der Waals surface area contributed by atoms with Gasteiger partial charge in [0.15, 0.2) is 17.3 Å². The number of methoxy groups -OCH3 is 3. The Morgan fingerprint density at radius 1 is 1.06 bits per heavy atom. The predicted molar refractivity (Wildman–Crippen MR) is 188 cm³/mol. The number of fused-ring (bicyclic) bond motifs is 1. The van der Waals surface area contributed by atoms with Crippen LogP contribution in [-0.4, -0.2) is 72.0 Å². The highest BCUT2D eigenvalue weighted by molar-refractivity contribution is 5.98. The molecule has 0 aliphatic carbocycles. The molecule has 4 aromatic rings. The Kier molecular flexibility index (Phi) is 12.6. The Balaban J connectivity index is 1.51. The van der Waals surface area contributed by atoms with Crippen molar-refractivity contribution in [3.05, 3.63) is 70.8 Å². The number of nitrogens with zero attached hydrogens (tertiary/aromatic N) is 2. The third-order valence-electron chi connectivity index (χ3n) is 8.75. The molecule has 276 valence electrons. The number of carbonyl (C=O) groups excluding carboxylic acids is 3. The summed E-state index contributed by atoms with van der Waals surface area (Å²) in [6, 6.07) is 7.98. The Morgan fingerprint density at radius 2 is 1.81 bits per heavy atom. The van der Waals surface area contributed by atoms with Crippen molar-refractivity contribution in [2.24, 2.45) is 0 Å². The molecule has 2 unspecified atom stereocenters. The average molecular weight is 718 g/mol. The Hall–Kier alpha value is -5.79. The number of cyclic esters (lactones) is 1. The molecule has 0 saturated heterocycles. The first-order chi connectivity index (χ1) is 25.1. The first-order valence-corrected chi connectivity index (χ1v) is 17.0. The van der Waals surface area contributed by atoms with Crippen molar-refractivity contribution >= 4 is 23.7 Å². The molecule has 52 heavy (non-hydrogen) atoms. The third kappa shape index (κ3) is 8.92. The molecule has 14 heteroatoms. The van der Waals surface area contributed by atoms with E-state index in [0.29, 0.717) is 55.6 Å². The topological polar surface area (TPSA) is 193 Å². The van der Waals surface area contributed by atoms with E-state index in [1.807, 2.05) is 0 Å². The maximum Gasteiger partial charge on any atom is 0.342 e. The lowest BCUT2D eigenvalue weighted by Gasteiger charge is -2.24. The van der Waals surface area contributed by atoms with E-state index in [9.17, 15) is 24.6 Å². The van der Waals surface area contributed by atoms with Crippen molar-refractivity contribution in [1.29, 1.82) is 0 Å². The molecule has 1 aliphatic heterocycles. The van der Waals surface area contributed by atoms with E-state index in [1.165, 1.54) is 33.7 Å². The van der Waals surface area contributed by atoms with Gasteiger partial charge in [0.2, 0.25) is 23.4 Å². The second-order valence-electron chi connectivity index (χ2n) is 12.4. The zero-order valence-corrected chi connectivity index (χ0v) is 29.6. The number of phenolic OH excluding ortho intramolecular Hbond substituents is 2. The number of amides is 1. The summed E-state index contributed by atoms with van der Waals surface area (Å²) >= 11 is 0. The summed E-state index contributed by atoms with van der Waals surface area (Å²) in [5.74, 6) is -1.18. The van der Waals surface area contributed by atoms with Crippen LogP contribution in [0.5, 0.6) is 28.7 Å². The van der Waals surface area contributed by atoms with Gasteiger partial charge in [-0.25, -0.2) is 4.79 Å². The normalized spacial score (nSPS) is 16.0. The van der Waals surface area contributed by atoms with Crippen LogP contribution in [-0.2, 0) is 20.7 Å².